The van der Waals surface area contributed by atoms with Crippen LogP contribution in [0.4, 0.5) is 5.69 Å². The number of pyridine rings is 1. The predicted molar refractivity (Wildman–Crippen MR) is 117 cm³/mol. The molecule has 152 valence electrons. The summed E-state index contributed by atoms with van der Waals surface area (Å²) in [5.74, 6) is 0.235. The van der Waals surface area contributed by atoms with Gasteiger partial charge in [-0.2, -0.15) is 5.10 Å². The zero-order valence-electron chi connectivity index (χ0n) is 17.0. The van der Waals surface area contributed by atoms with Crippen LogP contribution in [-0.4, -0.2) is 27.3 Å². The zero-order valence-corrected chi connectivity index (χ0v) is 17.0. The maximum Gasteiger partial charge on any atom is 0.261 e. The van der Waals surface area contributed by atoms with Crippen LogP contribution in [0.2, 0.25) is 0 Å². The highest BCUT2D eigenvalue weighted by Crippen LogP contribution is 2.19. The minimum absolute atomic E-state index is 0.0305. The van der Waals surface area contributed by atoms with E-state index in [1.807, 2.05) is 38.1 Å². The molecule has 0 aliphatic heterocycles. The number of aromatic amines is 1. The lowest BCUT2D eigenvalue weighted by Crippen LogP contribution is -2.22. The molecular formula is C23H22N4O3. The van der Waals surface area contributed by atoms with E-state index in [4.69, 9.17) is 4.74 Å². The number of hydrogen-bond donors (Lipinski definition) is 2. The molecule has 30 heavy (non-hydrogen) atoms. The molecule has 7 heteroatoms. The summed E-state index contributed by atoms with van der Waals surface area (Å²) in [6, 6.07) is 14.8. The van der Waals surface area contributed by atoms with Gasteiger partial charge in [0.2, 0.25) is 5.43 Å². The zero-order chi connectivity index (χ0) is 21.3. The highest BCUT2D eigenvalue weighted by molar-refractivity contribution is 6.05. The number of aromatic nitrogens is 3. The third-order valence-corrected chi connectivity index (χ3v) is 4.83. The second-order valence-corrected chi connectivity index (χ2v) is 7.00. The standard InChI is InChI=1S/C23H22N4O3/c1-4-30-18-11-7-16(8-12-18)25-23(29)19-13-24-22-20(21(19)28)15(3)26-27(22)17-9-5-14(2)6-10-17/h5-13H,4H2,1-3H3,(H,24,28)(H,25,29). The van der Waals surface area contributed by atoms with Crippen molar-refractivity contribution in [2.75, 3.05) is 11.9 Å². The first-order valence-corrected chi connectivity index (χ1v) is 9.70. The van der Waals surface area contributed by atoms with Crippen molar-refractivity contribution in [3.05, 3.63) is 81.8 Å². The van der Waals surface area contributed by atoms with Gasteiger partial charge in [0.05, 0.1) is 23.4 Å². The molecule has 1 amide bonds. The molecule has 2 aromatic carbocycles. The van der Waals surface area contributed by atoms with Crippen LogP contribution in [0, 0.1) is 13.8 Å². The van der Waals surface area contributed by atoms with E-state index in [0.717, 1.165) is 11.3 Å². The van der Waals surface area contributed by atoms with Crippen LogP contribution >= 0.6 is 0 Å². The first-order chi connectivity index (χ1) is 14.5. The summed E-state index contributed by atoms with van der Waals surface area (Å²) in [4.78, 5) is 28.9. The third kappa shape index (κ3) is 3.57. The van der Waals surface area contributed by atoms with Gasteiger partial charge in [-0.15, -0.1) is 0 Å². The van der Waals surface area contributed by atoms with Crippen molar-refractivity contribution >= 4 is 22.6 Å². The van der Waals surface area contributed by atoms with E-state index >= 15 is 0 Å². The smallest absolute Gasteiger partial charge is 0.261 e. The van der Waals surface area contributed by atoms with E-state index in [1.165, 1.54) is 6.20 Å². The quantitative estimate of drug-likeness (QED) is 0.528. The largest absolute Gasteiger partial charge is 0.494 e. The Balaban J connectivity index is 1.68. The van der Waals surface area contributed by atoms with Crippen LogP contribution in [0.25, 0.3) is 16.7 Å². The van der Waals surface area contributed by atoms with Crippen molar-refractivity contribution in [3.63, 3.8) is 0 Å². The Bertz CT molecular complexity index is 1270. The van der Waals surface area contributed by atoms with E-state index in [1.54, 1.807) is 35.9 Å². The molecule has 0 atom stereocenters. The number of anilines is 1. The van der Waals surface area contributed by atoms with Crippen LogP contribution < -0.4 is 15.5 Å². The molecular weight excluding hydrogens is 380 g/mol. The Kier molecular flexibility index (Phi) is 5.10. The number of carbonyl (C=O) groups is 1. The Morgan fingerprint density at radius 2 is 1.80 bits per heavy atom. The SMILES string of the molecule is CCOc1ccc(NC(=O)c2c[nH]c3c(c(C)nn3-c3ccc(C)cc3)c2=O)cc1. The number of ether oxygens (including phenoxy) is 1. The number of hydrogen-bond acceptors (Lipinski definition) is 4. The molecule has 0 bridgehead atoms. The predicted octanol–water partition coefficient (Wildman–Crippen LogP) is 3.98. The summed E-state index contributed by atoms with van der Waals surface area (Å²) >= 11 is 0. The number of nitrogens with one attached hydrogen (secondary N) is 2. The Hall–Kier alpha value is -3.87. The lowest BCUT2D eigenvalue weighted by Gasteiger charge is -2.08. The number of nitrogens with zero attached hydrogens (tertiary/aromatic N) is 2. The molecule has 2 heterocycles. The topological polar surface area (TPSA) is 89.0 Å². The second kappa shape index (κ2) is 7.87. The summed E-state index contributed by atoms with van der Waals surface area (Å²) in [6.45, 7) is 6.24. The highest BCUT2D eigenvalue weighted by atomic mass is 16.5. The summed E-state index contributed by atoms with van der Waals surface area (Å²) in [5, 5.41) is 7.66. The van der Waals surface area contributed by atoms with Gasteiger partial charge in [-0.05, 0) is 57.2 Å². The van der Waals surface area contributed by atoms with Gasteiger partial charge in [0, 0.05) is 11.9 Å². The number of aryl methyl sites for hydroxylation is 2. The van der Waals surface area contributed by atoms with Gasteiger partial charge in [-0.1, -0.05) is 17.7 Å². The summed E-state index contributed by atoms with van der Waals surface area (Å²) in [5.41, 5.74) is 3.33. The average molecular weight is 402 g/mol. The molecule has 0 saturated carbocycles. The molecule has 0 aliphatic rings. The maximum atomic E-state index is 13.1. The first kappa shape index (κ1) is 19.4. The summed E-state index contributed by atoms with van der Waals surface area (Å²) < 4.78 is 7.08. The molecule has 7 nitrogen and oxygen atoms in total. The number of carbonyl (C=O) groups excluding carboxylic acids is 1. The number of fused-ring (bicyclic) bond motifs is 1. The van der Waals surface area contributed by atoms with Crippen LogP contribution in [0.1, 0.15) is 28.5 Å². The molecule has 0 fully saturated rings. The van der Waals surface area contributed by atoms with Crippen molar-refractivity contribution in [3.8, 4) is 11.4 Å². The van der Waals surface area contributed by atoms with Crippen LogP contribution in [0.3, 0.4) is 0 Å². The lowest BCUT2D eigenvalue weighted by atomic mass is 10.1. The monoisotopic (exact) mass is 402 g/mol. The number of benzene rings is 2. The van der Waals surface area contributed by atoms with E-state index in [2.05, 4.69) is 15.4 Å². The molecule has 2 aromatic heterocycles. The van der Waals surface area contributed by atoms with E-state index in [-0.39, 0.29) is 11.0 Å². The number of H-pyrrole nitrogens is 1. The Morgan fingerprint density at radius 1 is 1.10 bits per heavy atom. The van der Waals surface area contributed by atoms with Gasteiger partial charge in [-0.25, -0.2) is 4.68 Å². The van der Waals surface area contributed by atoms with Gasteiger partial charge >= 0.3 is 0 Å². The van der Waals surface area contributed by atoms with Gasteiger partial charge in [0.15, 0.2) is 0 Å². The van der Waals surface area contributed by atoms with E-state index < -0.39 is 5.91 Å². The summed E-state index contributed by atoms with van der Waals surface area (Å²) in [7, 11) is 0. The van der Waals surface area contributed by atoms with Gasteiger partial charge in [-0.3, -0.25) is 9.59 Å². The van der Waals surface area contributed by atoms with Crippen LogP contribution in [0.15, 0.2) is 59.5 Å². The van der Waals surface area contributed by atoms with Crippen LogP contribution in [0.5, 0.6) is 5.75 Å². The molecule has 2 N–H and O–H groups in total. The van der Waals surface area contributed by atoms with Gasteiger partial charge in [0.25, 0.3) is 5.91 Å². The van der Waals surface area contributed by atoms with E-state index in [0.29, 0.717) is 34.8 Å². The Morgan fingerprint density at radius 3 is 2.47 bits per heavy atom. The Labute approximate surface area is 173 Å². The fourth-order valence-electron chi connectivity index (χ4n) is 3.31. The third-order valence-electron chi connectivity index (χ3n) is 4.83. The molecule has 4 aromatic rings. The van der Waals surface area contributed by atoms with Crippen molar-refractivity contribution < 1.29 is 9.53 Å². The van der Waals surface area contributed by atoms with Gasteiger partial charge < -0.3 is 15.0 Å². The second-order valence-electron chi connectivity index (χ2n) is 7.00. The van der Waals surface area contributed by atoms with Crippen molar-refractivity contribution in [2.24, 2.45) is 0 Å². The maximum absolute atomic E-state index is 13.1. The van der Waals surface area contributed by atoms with Crippen molar-refractivity contribution in [2.45, 2.75) is 20.8 Å². The first-order valence-electron chi connectivity index (χ1n) is 9.70. The summed E-state index contributed by atoms with van der Waals surface area (Å²) in [6.07, 6.45) is 1.43. The molecule has 4 rings (SSSR count). The molecule has 0 aliphatic carbocycles. The molecule has 0 radical (unpaired) electrons. The van der Waals surface area contributed by atoms with Gasteiger partial charge in [0.1, 0.15) is 17.0 Å². The fourth-order valence-corrected chi connectivity index (χ4v) is 3.31. The molecule has 0 unspecified atom stereocenters. The number of rotatable bonds is 5. The number of amides is 1. The lowest BCUT2D eigenvalue weighted by molar-refractivity contribution is 0.102. The van der Waals surface area contributed by atoms with E-state index in [9.17, 15) is 9.59 Å². The minimum atomic E-state index is -0.482. The normalized spacial score (nSPS) is 10.9. The molecule has 0 saturated heterocycles. The molecule has 0 spiro atoms. The fraction of sp³-hybridized carbons (Fsp3) is 0.174. The van der Waals surface area contributed by atoms with Crippen LogP contribution in [-0.2, 0) is 0 Å². The minimum Gasteiger partial charge on any atom is -0.494 e. The highest BCUT2D eigenvalue weighted by Gasteiger charge is 2.19. The van der Waals surface area contributed by atoms with Crippen molar-refractivity contribution in [1.29, 1.82) is 0 Å². The average Bonchev–Trinajstić information content (AvgIpc) is 3.08. The van der Waals surface area contributed by atoms with Crippen molar-refractivity contribution in [1.82, 2.24) is 14.8 Å².